The maximum absolute atomic E-state index is 12.6. The van der Waals surface area contributed by atoms with Crippen molar-refractivity contribution in [2.45, 2.75) is 6.18 Å². The monoisotopic (exact) mass is 334 g/mol. The number of methoxy groups -OCH3 is 2. The molecule has 0 aliphatic rings. The van der Waals surface area contributed by atoms with E-state index in [1.807, 2.05) is 6.07 Å². The summed E-state index contributed by atoms with van der Waals surface area (Å²) < 4.78 is 48.0. The second-order valence-corrected chi connectivity index (χ2v) is 4.71. The number of rotatable bonds is 4. The van der Waals surface area contributed by atoms with Gasteiger partial charge in [-0.15, -0.1) is 0 Å². The van der Waals surface area contributed by atoms with E-state index in [1.54, 1.807) is 18.2 Å². The summed E-state index contributed by atoms with van der Waals surface area (Å²) in [4.78, 5) is 3.73. The first-order valence-electron chi connectivity index (χ1n) is 6.76. The minimum Gasteiger partial charge on any atom is -0.497 e. The molecule has 4 nitrogen and oxygen atoms in total. The van der Waals surface area contributed by atoms with E-state index in [9.17, 15) is 18.4 Å². The third-order valence-corrected chi connectivity index (χ3v) is 3.23. The summed E-state index contributed by atoms with van der Waals surface area (Å²) in [6, 6.07) is 8.99. The van der Waals surface area contributed by atoms with Gasteiger partial charge >= 0.3 is 6.18 Å². The summed E-state index contributed by atoms with van der Waals surface area (Å²) >= 11 is 0. The molecule has 0 N–H and O–H groups in total. The Hall–Kier alpha value is -3.01. The van der Waals surface area contributed by atoms with Crippen LogP contribution < -0.4 is 9.47 Å². The van der Waals surface area contributed by atoms with Crippen molar-refractivity contribution >= 4 is 11.6 Å². The molecule has 7 heteroatoms. The molecule has 0 unspecified atom stereocenters. The SMILES string of the molecule is COc1ccc(/C=C(/C#N)c2ccc(C(F)(F)F)cn2)c(OC)c1. The summed E-state index contributed by atoms with van der Waals surface area (Å²) in [6.07, 6.45) is -2.28. The molecule has 0 spiro atoms. The molecule has 0 saturated heterocycles. The van der Waals surface area contributed by atoms with Crippen molar-refractivity contribution in [3.05, 3.63) is 53.3 Å². The topological polar surface area (TPSA) is 55.1 Å². The number of hydrogen-bond donors (Lipinski definition) is 0. The van der Waals surface area contributed by atoms with Crippen LogP contribution in [0.2, 0.25) is 0 Å². The highest BCUT2D eigenvalue weighted by atomic mass is 19.4. The average Bonchev–Trinajstić information content (AvgIpc) is 2.59. The maximum atomic E-state index is 12.6. The van der Waals surface area contributed by atoms with Crippen LogP contribution in [0, 0.1) is 11.3 Å². The normalized spacial score (nSPS) is 11.8. The van der Waals surface area contributed by atoms with Gasteiger partial charge in [-0.1, -0.05) is 0 Å². The largest absolute Gasteiger partial charge is 0.497 e. The Morgan fingerprint density at radius 3 is 2.42 bits per heavy atom. The maximum Gasteiger partial charge on any atom is 0.417 e. The van der Waals surface area contributed by atoms with Crippen molar-refractivity contribution in [1.82, 2.24) is 4.98 Å². The molecule has 1 aromatic carbocycles. The Morgan fingerprint density at radius 1 is 1.17 bits per heavy atom. The molecule has 0 amide bonds. The number of halogens is 3. The fraction of sp³-hybridized carbons (Fsp3) is 0.176. The highest BCUT2D eigenvalue weighted by molar-refractivity contribution is 5.89. The zero-order valence-electron chi connectivity index (χ0n) is 12.9. The predicted octanol–water partition coefficient (Wildman–Crippen LogP) is 4.18. The molecule has 0 fully saturated rings. The van der Waals surface area contributed by atoms with E-state index in [0.29, 0.717) is 23.3 Å². The lowest BCUT2D eigenvalue weighted by Crippen LogP contribution is -2.05. The first kappa shape index (κ1) is 17.3. The molecule has 24 heavy (non-hydrogen) atoms. The van der Waals surface area contributed by atoms with Crippen LogP contribution in [0.1, 0.15) is 16.8 Å². The van der Waals surface area contributed by atoms with E-state index in [4.69, 9.17) is 9.47 Å². The van der Waals surface area contributed by atoms with Gasteiger partial charge in [-0.2, -0.15) is 18.4 Å². The number of ether oxygens (including phenoxy) is 2. The summed E-state index contributed by atoms with van der Waals surface area (Å²) in [5.74, 6) is 1.05. The van der Waals surface area contributed by atoms with Crippen LogP contribution in [0.25, 0.3) is 11.6 Å². The molecule has 1 heterocycles. The fourth-order valence-corrected chi connectivity index (χ4v) is 1.98. The van der Waals surface area contributed by atoms with Crippen molar-refractivity contribution < 1.29 is 22.6 Å². The minimum absolute atomic E-state index is 0.118. The van der Waals surface area contributed by atoms with E-state index >= 15 is 0 Å². The molecule has 0 radical (unpaired) electrons. The number of nitriles is 1. The van der Waals surface area contributed by atoms with E-state index in [2.05, 4.69) is 4.98 Å². The number of benzene rings is 1. The van der Waals surface area contributed by atoms with Gasteiger partial charge in [0.25, 0.3) is 0 Å². The summed E-state index contributed by atoms with van der Waals surface area (Å²) in [5, 5.41) is 9.29. The zero-order valence-corrected chi connectivity index (χ0v) is 12.9. The number of alkyl halides is 3. The van der Waals surface area contributed by atoms with Gasteiger partial charge in [-0.05, 0) is 30.3 Å². The molecule has 1 aromatic heterocycles. The Balaban J connectivity index is 2.42. The second kappa shape index (κ2) is 7.04. The van der Waals surface area contributed by atoms with E-state index < -0.39 is 11.7 Å². The van der Waals surface area contributed by atoms with Crippen molar-refractivity contribution in [3.63, 3.8) is 0 Å². The number of allylic oxidation sites excluding steroid dienone is 1. The zero-order chi connectivity index (χ0) is 17.7. The number of aromatic nitrogens is 1. The van der Waals surface area contributed by atoms with Crippen LogP contribution >= 0.6 is 0 Å². The lowest BCUT2D eigenvalue weighted by Gasteiger charge is -2.09. The van der Waals surface area contributed by atoms with Gasteiger partial charge < -0.3 is 9.47 Å². The van der Waals surface area contributed by atoms with Crippen molar-refractivity contribution in [3.8, 4) is 17.6 Å². The van der Waals surface area contributed by atoms with Crippen LogP contribution in [0.5, 0.6) is 11.5 Å². The lowest BCUT2D eigenvalue weighted by atomic mass is 10.1. The Bertz CT molecular complexity index is 791. The highest BCUT2D eigenvalue weighted by Crippen LogP contribution is 2.30. The smallest absolute Gasteiger partial charge is 0.417 e. The van der Waals surface area contributed by atoms with E-state index in [-0.39, 0.29) is 11.3 Å². The van der Waals surface area contributed by atoms with Crippen LogP contribution in [0.3, 0.4) is 0 Å². The molecule has 0 atom stereocenters. The first-order chi connectivity index (χ1) is 11.4. The number of hydrogen-bond acceptors (Lipinski definition) is 4. The standard InChI is InChI=1S/C17H13F3N2O2/c1-23-14-5-3-11(16(8-14)24-2)7-12(9-21)15-6-4-13(10-22-15)17(18,19)20/h3-8,10H,1-2H3/b12-7-. The molecule has 0 saturated carbocycles. The van der Waals surface area contributed by atoms with E-state index in [1.165, 1.54) is 20.3 Å². The van der Waals surface area contributed by atoms with Crippen LogP contribution in [0.15, 0.2) is 36.5 Å². The molecule has 0 aliphatic heterocycles. The average molecular weight is 334 g/mol. The molecule has 0 aliphatic carbocycles. The fourth-order valence-electron chi connectivity index (χ4n) is 1.98. The predicted molar refractivity (Wildman–Crippen MR) is 82.3 cm³/mol. The third kappa shape index (κ3) is 3.84. The lowest BCUT2D eigenvalue weighted by molar-refractivity contribution is -0.137. The second-order valence-electron chi connectivity index (χ2n) is 4.71. The van der Waals surface area contributed by atoms with Gasteiger partial charge in [0.1, 0.15) is 17.6 Å². The van der Waals surface area contributed by atoms with Crippen molar-refractivity contribution in [2.24, 2.45) is 0 Å². The van der Waals surface area contributed by atoms with Crippen LogP contribution in [-0.4, -0.2) is 19.2 Å². The molecular weight excluding hydrogens is 321 g/mol. The van der Waals surface area contributed by atoms with Gasteiger partial charge in [-0.3, -0.25) is 4.98 Å². The summed E-state index contributed by atoms with van der Waals surface area (Å²) in [5.41, 5.74) is -0.0299. The van der Waals surface area contributed by atoms with E-state index in [0.717, 1.165) is 12.1 Å². The van der Waals surface area contributed by atoms with Gasteiger partial charge in [0.05, 0.1) is 31.1 Å². The van der Waals surface area contributed by atoms with Crippen molar-refractivity contribution in [2.75, 3.05) is 14.2 Å². The molecule has 2 rings (SSSR count). The summed E-state index contributed by atoms with van der Waals surface area (Å²) in [6.45, 7) is 0. The van der Waals surface area contributed by atoms with Crippen LogP contribution in [0.4, 0.5) is 13.2 Å². The Kier molecular flexibility index (Phi) is 5.09. The third-order valence-electron chi connectivity index (χ3n) is 3.23. The number of nitrogens with zero attached hydrogens (tertiary/aromatic N) is 2. The first-order valence-corrected chi connectivity index (χ1v) is 6.76. The Morgan fingerprint density at radius 2 is 1.92 bits per heavy atom. The van der Waals surface area contributed by atoms with Gasteiger partial charge in [-0.25, -0.2) is 0 Å². The number of pyridine rings is 1. The van der Waals surface area contributed by atoms with Crippen LogP contribution in [-0.2, 0) is 6.18 Å². The molecule has 2 aromatic rings. The Labute approximate surface area is 136 Å². The van der Waals surface area contributed by atoms with Gasteiger partial charge in [0, 0.05) is 17.8 Å². The highest BCUT2D eigenvalue weighted by Gasteiger charge is 2.30. The van der Waals surface area contributed by atoms with Gasteiger partial charge in [0.15, 0.2) is 0 Å². The summed E-state index contributed by atoms with van der Waals surface area (Å²) in [7, 11) is 2.98. The molecule has 124 valence electrons. The molecule has 0 bridgehead atoms. The minimum atomic E-state index is -4.47. The molecular formula is C17H13F3N2O2. The van der Waals surface area contributed by atoms with Gasteiger partial charge in [0.2, 0.25) is 0 Å². The van der Waals surface area contributed by atoms with Crippen molar-refractivity contribution in [1.29, 1.82) is 5.26 Å². The quantitative estimate of drug-likeness (QED) is 0.787.